The zero-order chi connectivity index (χ0) is 20.5. The Balaban J connectivity index is 1.37. The Kier molecular flexibility index (Phi) is 4.57. The van der Waals surface area contributed by atoms with Crippen molar-refractivity contribution in [2.45, 2.75) is 6.54 Å². The molecule has 0 fully saturated rings. The van der Waals surface area contributed by atoms with Gasteiger partial charge < -0.3 is 5.32 Å². The third kappa shape index (κ3) is 3.35. The van der Waals surface area contributed by atoms with Crippen LogP contribution in [0.15, 0.2) is 83.2 Å². The summed E-state index contributed by atoms with van der Waals surface area (Å²) in [5.41, 5.74) is 2.18. The molecule has 0 atom stereocenters. The van der Waals surface area contributed by atoms with Crippen LogP contribution in [-0.4, -0.2) is 20.4 Å². The number of carbonyl (C=O) groups excluding carboxylic acids is 1. The third-order valence-electron chi connectivity index (χ3n) is 4.86. The number of hydrogen-bond acceptors (Lipinski definition) is 5. The highest BCUT2D eigenvalue weighted by Gasteiger charge is 2.12. The molecular formula is C23H16N4O2S. The van der Waals surface area contributed by atoms with Crippen molar-refractivity contribution in [2.75, 3.05) is 5.32 Å². The SMILES string of the molecule is O=C(Cn1cnc2ccccc2c1=O)Nc1nc(-c2cccc3ccccc23)cs1. The number of rotatable bonds is 4. The van der Waals surface area contributed by atoms with Crippen LogP contribution in [0.1, 0.15) is 0 Å². The van der Waals surface area contributed by atoms with Crippen molar-refractivity contribution in [3.63, 3.8) is 0 Å². The van der Waals surface area contributed by atoms with Crippen LogP contribution in [0.3, 0.4) is 0 Å². The van der Waals surface area contributed by atoms with Crippen LogP contribution in [0.25, 0.3) is 32.9 Å². The summed E-state index contributed by atoms with van der Waals surface area (Å²) in [4.78, 5) is 33.9. The molecule has 7 heteroatoms. The van der Waals surface area contributed by atoms with Gasteiger partial charge in [0.15, 0.2) is 5.13 Å². The number of thiazole rings is 1. The number of carbonyl (C=O) groups is 1. The van der Waals surface area contributed by atoms with Crippen LogP contribution in [0.2, 0.25) is 0 Å². The largest absolute Gasteiger partial charge is 0.300 e. The van der Waals surface area contributed by atoms with Crippen molar-refractivity contribution in [3.8, 4) is 11.3 Å². The van der Waals surface area contributed by atoms with Gasteiger partial charge in [0.1, 0.15) is 6.54 Å². The van der Waals surface area contributed by atoms with E-state index in [0.29, 0.717) is 16.0 Å². The molecule has 146 valence electrons. The summed E-state index contributed by atoms with van der Waals surface area (Å²) in [7, 11) is 0. The Morgan fingerprint density at radius 3 is 2.63 bits per heavy atom. The Hall–Kier alpha value is -3.84. The Bertz CT molecular complexity index is 1450. The highest BCUT2D eigenvalue weighted by molar-refractivity contribution is 7.14. The van der Waals surface area contributed by atoms with Gasteiger partial charge in [0.05, 0.1) is 22.9 Å². The van der Waals surface area contributed by atoms with Crippen molar-refractivity contribution in [1.82, 2.24) is 14.5 Å². The van der Waals surface area contributed by atoms with Gasteiger partial charge in [-0.15, -0.1) is 11.3 Å². The monoisotopic (exact) mass is 412 g/mol. The smallest absolute Gasteiger partial charge is 0.261 e. The van der Waals surface area contributed by atoms with Crippen molar-refractivity contribution in [3.05, 3.63) is 88.8 Å². The van der Waals surface area contributed by atoms with E-state index in [9.17, 15) is 9.59 Å². The fourth-order valence-electron chi connectivity index (χ4n) is 3.44. The molecule has 0 aliphatic rings. The number of nitrogens with zero attached hydrogens (tertiary/aromatic N) is 3. The van der Waals surface area contributed by atoms with Gasteiger partial charge in [-0.25, -0.2) is 9.97 Å². The average Bonchev–Trinajstić information content (AvgIpc) is 3.23. The number of amides is 1. The van der Waals surface area contributed by atoms with E-state index in [4.69, 9.17) is 0 Å². The zero-order valence-corrected chi connectivity index (χ0v) is 16.6. The van der Waals surface area contributed by atoms with E-state index in [1.54, 1.807) is 18.2 Å². The molecule has 0 bridgehead atoms. The minimum Gasteiger partial charge on any atom is -0.300 e. The second-order valence-electron chi connectivity index (χ2n) is 6.81. The molecule has 6 nitrogen and oxygen atoms in total. The van der Waals surface area contributed by atoms with Crippen molar-refractivity contribution >= 4 is 44.1 Å². The molecule has 1 amide bonds. The molecule has 0 aliphatic carbocycles. The van der Waals surface area contributed by atoms with Gasteiger partial charge in [0.25, 0.3) is 5.56 Å². The lowest BCUT2D eigenvalue weighted by Crippen LogP contribution is -2.27. The minimum absolute atomic E-state index is 0.125. The predicted octanol–water partition coefficient (Wildman–Crippen LogP) is 4.31. The second kappa shape index (κ2) is 7.53. The molecule has 2 aromatic heterocycles. The molecule has 30 heavy (non-hydrogen) atoms. The quantitative estimate of drug-likeness (QED) is 0.477. The van der Waals surface area contributed by atoms with Crippen LogP contribution in [0.4, 0.5) is 5.13 Å². The molecule has 2 heterocycles. The minimum atomic E-state index is -0.326. The number of para-hydroxylation sites is 1. The van der Waals surface area contributed by atoms with Gasteiger partial charge in [-0.05, 0) is 22.9 Å². The van der Waals surface area contributed by atoms with Crippen molar-refractivity contribution in [1.29, 1.82) is 0 Å². The Morgan fingerprint density at radius 1 is 0.967 bits per heavy atom. The maximum Gasteiger partial charge on any atom is 0.261 e. The Labute approximate surface area is 175 Å². The Morgan fingerprint density at radius 2 is 1.73 bits per heavy atom. The number of anilines is 1. The van der Waals surface area contributed by atoms with Crippen molar-refractivity contribution in [2.24, 2.45) is 0 Å². The fraction of sp³-hybridized carbons (Fsp3) is 0.0435. The number of nitrogens with one attached hydrogen (secondary N) is 1. The highest BCUT2D eigenvalue weighted by atomic mass is 32.1. The van der Waals surface area contributed by atoms with Crippen LogP contribution in [0, 0.1) is 0 Å². The first kappa shape index (κ1) is 18.2. The summed E-state index contributed by atoms with van der Waals surface area (Å²) in [6.45, 7) is -0.125. The lowest BCUT2D eigenvalue weighted by molar-refractivity contribution is -0.116. The van der Waals surface area contributed by atoms with Gasteiger partial charge in [0.2, 0.25) is 5.91 Å². The molecule has 3 aromatic carbocycles. The summed E-state index contributed by atoms with van der Waals surface area (Å²) in [6.07, 6.45) is 1.40. The first-order chi connectivity index (χ1) is 14.7. The molecule has 5 aromatic rings. The van der Waals surface area contributed by atoms with E-state index < -0.39 is 0 Å². The molecule has 0 radical (unpaired) electrons. The number of fused-ring (bicyclic) bond motifs is 2. The van der Waals surface area contributed by atoms with Crippen LogP contribution < -0.4 is 10.9 Å². The summed E-state index contributed by atoms with van der Waals surface area (Å²) < 4.78 is 1.30. The van der Waals surface area contributed by atoms with E-state index in [0.717, 1.165) is 22.0 Å². The average molecular weight is 412 g/mol. The predicted molar refractivity (Wildman–Crippen MR) is 120 cm³/mol. The van der Waals surface area contributed by atoms with Crippen LogP contribution in [0.5, 0.6) is 0 Å². The van der Waals surface area contributed by atoms with E-state index in [2.05, 4.69) is 33.5 Å². The normalized spacial score (nSPS) is 11.1. The summed E-state index contributed by atoms with van der Waals surface area (Å²) in [5.74, 6) is -0.326. The standard InChI is InChI=1S/C23H16N4O2S/c28-21(12-27-14-24-19-11-4-3-9-18(19)22(27)29)26-23-25-20(13-30-23)17-10-5-7-15-6-1-2-8-16(15)17/h1-11,13-14H,12H2,(H,25,26,28). The molecule has 0 saturated carbocycles. The lowest BCUT2D eigenvalue weighted by Gasteiger charge is -2.06. The van der Waals surface area contributed by atoms with Gasteiger partial charge >= 0.3 is 0 Å². The molecule has 0 aliphatic heterocycles. The van der Waals surface area contributed by atoms with E-state index >= 15 is 0 Å². The van der Waals surface area contributed by atoms with Crippen LogP contribution >= 0.6 is 11.3 Å². The maximum atomic E-state index is 12.6. The van der Waals surface area contributed by atoms with Crippen molar-refractivity contribution < 1.29 is 4.79 Å². The summed E-state index contributed by atoms with van der Waals surface area (Å²) in [5, 5.41) is 7.92. The zero-order valence-electron chi connectivity index (χ0n) is 15.8. The molecule has 1 N–H and O–H groups in total. The maximum absolute atomic E-state index is 12.6. The second-order valence-corrected chi connectivity index (χ2v) is 7.67. The third-order valence-corrected chi connectivity index (χ3v) is 5.62. The van der Waals surface area contributed by atoms with Gasteiger partial charge in [0, 0.05) is 10.9 Å². The molecule has 5 rings (SSSR count). The number of hydrogen-bond donors (Lipinski definition) is 1. The van der Waals surface area contributed by atoms with Gasteiger partial charge in [-0.1, -0.05) is 54.6 Å². The number of benzene rings is 3. The molecule has 0 unspecified atom stereocenters. The summed E-state index contributed by atoms with van der Waals surface area (Å²) >= 11 is 1.35. The lowest BCUT2D eigenvalue weighted by atomic mass is 10.0. The van der Waals surface area contributed by atoms with Gasteiger partial charge in [-0.3, -0.25) is 14.2 Å². The van der Waals surface area contributed by atoms with Crippen LogP contribution in [-0.2, 0) is 11.3 Å². The van der Waals surface area contributed by atoms with E-state index in [-0.39, 0.29) is 18.0 Å². The number of aromatic nitrogens is 3. The fourth-order valence-corrected chi connectivity index (χ4v) is 4.16. The van der Waals surface area contributed by atoms with E-state index in [1.165, 1.54) is 22.2 Å². The first-order valence-electron chi connectivity index (χ1n) is 9.37. The first-order valence-corrected chi connectivity index (χ1v) is 10.2. The highest BCUT2D eigenvalue weighted by Crippen LogP contribution is 2.30. The molecular weight excluding hydrogens is 396 g/mol. The topological polar surface area (TPSA) is 76.9 Å². The van der Waals surface area contributed by atoms with E-state index in [1.807, 2.05) is 35.7 Å². The summed E-state index contributed by atoms with van der Waals surface area (Å²) in [6, 6.07) is 21.3. The van der Waals surface area contributed by atoms with Gasteiger partial charge in [-0.2, -0.15) is 0 Å². The molecule has 0 spiro atoms. The molecule has 0 saturated heterocycles.